The monoisotopic (exact) mass is 360 g/mol. The number of Topliss-reactive ketones (excluding diaryl/α,β-unsaturated/α-hetero) is 1. The Hall–Kier alpha value is -2.41. The minimum absolute atomic E-state index is 0.00544. The number of ketones is 1. The second-order valence-corrected chi connectivity index (χ2v) is 6.89. The molecule has 0 unspecified atom stereocenters. The van der Waals surface area contributed by atoms with Gasteiger partial charge in [0, 0.05) is 13.0 Å². The van der Waals surface area contributed by atoms with Gasteiger partial charge in [0.25, 0.3) is 5.91 Å². The van der Waals surface area contributed by atoms with Crippen molar-refractivity contribution in [3.8, 4) is 5.75 Å². The molecule has 0 aliphatic carbocycles. The van der Waals surface area contributed by atoms with Crippen LogP contribution in [0, 0.1) is 0 Å². The summed E-state index contributed by atoms with van der Waals surface area (Å²) in [5, 5.41) is 10.1. The Bertz CT molecular complexity index is 666. The van der Waals surface area contributed by atoms with Crippen LogP contribution in [0.15, 0.2) is 24.3 Å². The van der Waals surface area contributed by atoms with Gasteiger partial charge in [0.15, 0.2) is 0 Å². The molecule has 2 saturated heterocycles. The molecule has 3 rings (SSSR count). The first-order valence-electron chi connectivity index (χ1n) is 8.97. The molecule has 1 N–H and O–H groups in total. The molecule has 7 nitrogen and oxygen atoms in total. The second kappa shape index (κ2) is 7.86. The zero-order valence-electron chi connectivity index (χ0n) is 14.9. The van der Waals surface area contributed by atoms with Crippen LogP contribution in [0.5, 0.6) is 5.75 Å². The molecule has 0 radical (unpaired) electrons. The summed E-state index contributed by atoms with van der Waals surface area (Å²) in [4.78, 5) is 38.2. The first kappa shape index (κ1) is 18.4. The number of nitrogens with zero attached hydrogens (tertiary/aromatic N) is 2. The average molecular weight is 360 g/mol. The van der Waals surface area contributed by atoms with Gasteiger partial charge in [-0.25, -0.2) is 4.79 Å². The third kappa shape index (κ3) is 4.04. The van der Waals surface area contributed by atoms with Crippen molar-refractivity contribution in [2.24, 2.45) is 0 Å². The fourth-order valence-electron chi connectivity index (χ4n) is 3.38. The third-order valence-corrected chi connectivity index (χ3v) is 4.81. The van der Waals surface area contributed by atoms with E-state index in [-0.39, 0.29) is 36.9 Å². The molecule has 2 heterocycles. The Morgan fingerprint density at radius 2 is 2.04 bits per heavy atom. The molecule has 2 atom stereocenters. The molecule has 0 saturated carbocycles. The molecule has 3 amide bonds. The summed E-state index contributed by atoms with van der Waals surface area (Å²) in [5.74, 6) is 0.525. The van der Waals surface area contributed by atoms with Gasteiger partial charge in [-0.05, 0) is 43.9 Å². The lowest BCUT2D eigenvalue weighted by atomic mass is 10.1. The SMILES string of the molecule is CC(=O)CCc1ccc(OC[C@@H](O)CN2C(=O)[C@@H]3CCCN3C2=O)cc1. The van der Waals surface area contributed by atoms with E-state index < -0.39 is 6.10 Å². The van der Waals surface area contributed by atoms with Crippen molar-refractivity contribution >= 4 is 17.7 Å². The van der Waals surface area contributed by atoms with Crippen LogP contribution in [0.4, 0.5) is 4.79 Å². The van der Waals surface area contributed by atoms with Crippen LogP contribution in [0.3, 0.4) is 0 Å². The Labute approximate surface area is 152 Å². The summed E-state index contributed by atoms with van der Waals surface area (Å²) in [7, 11) is 0. The maximum atomic E-state index is 12.2. The van der Waals surface area contributed by atoms with Gasteiger partial charge in [0.1, 0.15) is 30.3 Å². The molecule has 140 valence electrons. The van der Waals surface area contributed by atoms with Gasteiger partial charge in [0.05, 0.1) is 6.54 Å². The van der Waals surface area contributed by atoms with Crippen LogP contribution in [0.25, 0.3) is 0 Å². The number of carbonyl (C=O) groups is 3. The summed E-state index contributed by atoms with van der Waals surface area (Å²) in [6.45, 7) is 2.11. The maximum absolute atomic E-state index is 12.2. The van der Waals surface area contributed by atoms with E-state index in [9.17, 15) is 19.5 Å². The number of urea groups is 1. The van der Waals surface area contributed by atoms with Gasteiger partial charge in [-0.15, -0.1) is 0 Å². The topological polar surface area (TPSA) is 87.2 Å². The van der Waals surface area contributed by atoms with Crippen LogP contribution in [-0.4, -0.2) is 64.5 Å². The smallest absolute Gasteiger partial charge is 0.327 e. The molecule has 2 fully saturated rings. The minimum atomic E-state index is -0.944. The van der Waals surface area contributed by atoms with Crippen molar-refractivity contribution in [3.05, 3.63) is 29.8 Å². The number of imide groups is 1. The first-order valence-corrected chi connectivity index (χ1v) is 8.97. The van der Waals surface area contributed by atoms with E-state index in [0.29, 0.717) is 31.6 Å². The highest BCUT2D eigenvalue weighted by molar-refractivity contribution is 6.04. The fraction of sp³-hybridized carbons (Fsp3) is 0.526. The largest absolute Gasteiger partial charge is 0.491 e. The van der Waals surface area contributed by atoms with Crippen LogP contribution >= 0.6 is 0 Å². The molecule has 1 aromatic carbocycles. The lowest BCUT2D eigenvalue weighted by molar-refractivity contribution is -0.129. The van der Waals surface area contributed by atoms with Crippen molar-refractivity contribution in [2.75, 3.05) is 19.7 Å². The van der Waals surface area contributed by atoms with Crippen molar-refractivity contribution in [3.63, 3.8) is 0 Å². The number of aryl methyl sites for hydroxylation is 1. The van der Waals surface area contributed by atoms with E-state index in [2.05, 4.69) is 0 Å². The number of hydrogen-bond acceptors (Lipinski definition) is 5. The Morgan fingerprint density at radius 3 is 2.69 bits per heavy atom. The molecule has 2 aliphatic heterocycles. The van der Waals surface area contributed by atoms with E-state index in [4.69, 9.17) is 4.74 Å². The lowest BCUT2D eigenvalue weighted by Crippen LogP contribution is -2.41. The summed E-state index contributed by atoms with van der Waals surface area (Å²) in [6.07, 6.45) is 1.80. The number of aliphatic hydroxyl groups excluding tert-OH is 1. The molecule has 0 bridgehead atoms. The number of β-amino-alcohol motifs (C(OH)–C–C–N with tert-alkyl or cyclic N) is 1. The molecular weight excluding hydrogens is 336 g/mol. The number of carbonyl (C=O) groups excluding carboxylic acids is 3. The van der Waals surface area contributed by atoms with Crippen molar-refractivity contribution in [1.29, 1.82) is 0 Å². The number of fused-ring (bicyclic) bond motifs is 1. The van der Waals surface area contributed by atoms with Gasteiger partial charge in [-0.3, -0.25) is 9.69 Å². The number of aliphatic hydroxyl groups is 1. The number of amides is 3. The molecule has 1 aromatic rings. The summed E-state index contributed by atoms with van der Waals surface area (Å²) in [5.41, 5.74) is 1.04. The molecular formula is C19H24N2O5. The van der Waals surface area contributed by atoms with E-state index in [1.165, 1.54) is 0 Å². The second-order valence-electron chi connectivity index (χ2n) is 6.89. The van der Waals surface area contributed by atoms with Gasteiger partial charge in [0.2, 0.25) is 0 Å². The van der Waals surface area contributed by atoms with E-state index in [0.717, 1.165) is 16.9 Å². The minimum Gasteiger partial charge on any atom is -0.491 e. The number of ether oxygens (including phenoxy) is 1. The highest BCUT2D eigenvalue weighted by atomic mass is 16.5. The quantitative estimate of drug-likeness (QED) is 0.708. The van der Waals surface area contributed by atoms with Crippen LogP contribution in [0.1, 0.15) is 31.7 Å². The third-order valence-electron chi connectivity index (χ3n) is 4.81. The predicted molar refractivity (Wildman–Crippen MR) is 93.8 cm³/mol. The Morgan fingerprint density at radius 1 is 1.31 bits per heavy atom. The summed E-state index contributed by atoms with van der Waals surface area (Å²) < 4.78 is 5.54. The molecule has 26 heavy (non-hydrogen) atoms. The normalized spacial score (nSPS) is 20.5. The molecule has 0 aromatic heterocycles. The number of benzene rings is 1. The first-order chi connectivity index (χ1) is 12.5. The summed E-state index contributed by atoms with van der Waals surface area (Å²) in [6, 6.07) is 6.67. The fourth-order valence-corrected chi connectivity index (χ4v) is 3.38. The van der Waals surface area contributed by atoms with Crippen molar-refractivity contribution < 1.29 is 24.2 Å². The Balaban J connectivity index is 1.47. The number of hydrogen-bond donors (Lipinski definition) is 1. The number of rotatable bonds is 8. The van der Waals surface area contributed by atoms with Gasteiger partial charge < -0.3 is 19.5 Å². The standard InChI is InChI=1S/C19H24N2O5/c1-13(22)4-5-14-6-8-16(9-7-14)26-12-15(23)11-21-18(24)17-3-2-10-20(17)19(21)25/h6-9,15,17,23H,2-5,10-12H2,1H3/t15-,17-/m0/s1. The predicted octanol–water partition coefficient (Wildman–Crippen LogP) is 1.37. The molecule has 2 aliphatic rings. The van der Waals surface area contributed by atoms with Crippen molar-refractivity contribution in [2.45, 2.75) is 44.8 Å². The Kier molecular flexibility index (Phi) is 5.56. The van der Waals surface area contributed by atoms with Crippen LogP contribution < -0.4 is 4.74 Å². The summed E-state index contributed by atoms with van der Waals surface area (Å²) >= 11 is 0. The zero-order chi connectivity index (χ0) is 18.7. The molecule has 0 spiro atoms. The van der Waals surface area contributed by atoms with Crippen LogP contribution in [0.2, 0.25) is 0 Å². The molecule has 7 heteroatoms. The average Bonchev–Trinajstić information content (AvgIpc) is 3.19. The van der Waals surface area contributed by atoms with Gasteiger partial charge in [-0.1, -0.05) is 12.1 Å². The van der Waals surface area contributed by atoms with Crippen LogP contribution in [-0.2, 0) is 16.0 Å². The van der Waals surface area contributed by atoms with E-state index in [1.54, 1.807) is 24.0 Å². The lowest BCUT2D eigenvalue weighted by Gasteiger charge is -2.19. The van der Waals surface area contributed by atoms with Gasteiger partial charge >= 0.3 is 6.03 Å². The highest BCUT2D eigenvalue weighted by Gasteiger charge is 2.47. The van der Waals surface area contributed by atoms with E-state index >= 15 is 0 Å². The van der Waals surface area contributed by atoms with E-state index in [1.807, 2.05) is 12.1 Å². The zero-order valence-corrected chi connectivity index (χ0v) is 14.9. The maximum Gasteiger partial charge on any atom is 0.327 e. The van der Waals surface area contributed by atoms with Crippen molar-refractivity contribution in [1.82, 2.24) is 9.80 Å². The van der Waals surface area contributed by atoms with Gasteiger partial charge in [-0.2, -0.15) is 0 Å². The highest BCUT2D eigenvalue weighted by Crippen LogP contribution is 2.27.